The van der Waals surface area contributed by atoms with E-state index >= 15 is 0 Å². The molecule has 108 valence electrons. The predicted molar refractivity (Wildman–Crippen MR) is 78.1 cm³/mol. The number of fused-ring (bicyclic) bond motifs is 1. The van der Waals surface area contributed by atoms with Gasteiger partial charge in [-0.15, -0.1) is 0 Å². The molecule has 1 aromatic heterocycles. The minimum absolute atomic E-state index is 0.0393. The van der Waals surface area contributed by atoms with Gasteiger partial charge in [-0.2, -0.15) is 0 Å². The maximum Gasteiger partial charge on any atom is 0.264 e. The molecule has 1 fully saturated rings. The van der Waals surface area contributed by atoms with Crippen LogP contribution in [0.2, 0.25) is 0 Å². The van der Waals surface area contributed by atoms with Gasteiger partial charge in [0.25, 0.3) is 5.56 Å². The number of Topliss-reactive ketones (excluding diaryl/α,β-unsaturated/α-hetero) is 2. The summed E-state index contributed by atoms with van der Waals surface area (Å²) < 4.78 is 31.8. The van der Waals surface area contributed by atoms with Gasteiger partial charge in [0.05, 0.1) is 24.7 Å². The average molecular weight is 289 g/mol. The van der Waals surface area contributed by atoms with Gasteiger partial charge in [0, 0.05) is 16.2 Å². The molecule has 1 heterocycles. The Morgan fingerprint density at radius 2 is 2.33 bits per heavy atom. The molecule has 2 unspecified atom stereocenters. The molecule has 3 rings (SSSR count). The summed E-state index contributed by atoms with van der Waals surface area (Å²) in [6, 6.07) is 1.49. The highest BCUT2D eigenvalue weighted by molar-refractivity contribution is 6.03. The molecule has 0 bridgehead atoms. The van der Waals surface area contributed by atoms with Gasteiger partial charge >= 0.3 is 0 Å². The third-order valence-electron chi connectivity index (χ3n) is 3.51. The Labute approximate surface area is 126 Å². The number of carbonyl (C=O) groups is 2. The van der Waals surface area contributed by atoms with E-state index in [0.29, 0.717) is 0 Å². The number of rotatable bonds is 1. The number of hydrogen-bond donors (Lipinski definition) is 1. The molecule has 21 heavy (non-hydrogen) atoms. The van der Waals surface area contributed by atoms with Gasteiger partial charge in [-0.1, -0.05) is 6.07 Å². The fourth-order valence-corrected chi connectivity index (χ4v) is 2.50. The third kappa shape index (κ3) is 2.12. The first-order valence-corrected chi connectivity index (χ1v) is 6.35. The number of nitrogens with zero attached hydrogens (tertiary/aromatic N) is 2. The van der Waals surface area contributed by atoms with E-state index in [1.54, 1.807) is 0 Å². The van der Waals surface area contributed by atoms with Crippen molar-refractivity contribution in [3.8, 4) is 0 Å². The first-order chi connectivity index (χ1) is 11.7. The number of ketones is 2. The minimum atomic E-state index is -1.69. The molecule has 0 aliphatic heterocycles. The van der Waals surface area contributed by atoms with Crippen LogP contribution in [0.4, 0.5) is 5.69 Å². The lowest BCUT2D eigenvalue weighted by Gasteiger charge is -2.24. The van der Waals surface area contributed by atoms with Crippen LogP contribution in [0.1, 0.15) is 36.6 Å². The highest BCUT2D eigenvalue weighted by Gasteiger charge is 2.30. The lowest BCUT2D eigenvalue weighted by molar-refractivity contribution is -0.132. The standard InChI is InChI=1S/C15H15N3O3/c1-8-17-11-4-2-3-10(16)14(11)15(21)18(8)12-6-5-9(19)7-13(12)20/h2-4,12H,5-7,16H2,1H3/i1D2,4D,5D. The Kier molecular flexibility index (Phi) is 2.16. The second kappa shape index (κ2) is 4.80. The fraction of sp³-hybridized carbons (Fsp3) is 0.333. The van der Waals surface area contributed by atoms with Crippen LogP contribution in [-0.2, 0) is 9.59 Å². The van der Waals surface area contributed by atoms with Gasteiger partial charge in [-0.25, -0.2) is 4.98 Å². The van der Waals surface area contributed by atoms with E-state index in [2.05, 4.69) is 4.98 Å². The third-order valence-corrected chi connectivity index (χ3v) is 3.51. The molecule has 6 nitrogen and oxygen atoms in total. The normalized spacial score (nSPS) is 25.6. The van der Waals surface area contributed by atoms with Gasteiger partial charge in [-0.3, -0.25) is 19.0 Å². The summed E-state index contributed by atoms with van der Waals surface area (Å²) in [5, 5.41) is -0.0665. The van der Waals surface area contributed by atoms with Gasteiger partial charge in [-0.05, 0) is 25.4 Å². The van der Waals surface area contributed by atoms with Crippen molar-refractivity contribution >= 4 is 28.2 Å². The molecule has 1 aliphatic carbocycles. The molecule has 2 N–H and O–H groups in total. The van der Waals surface area contributed by atoms with Crippen LogP contribution < -0.4 is 11.3 Å². The number of carbonyl (C=O) groups excluding carboxylic acids is 2. The van der Waals surface area contributed by atoms with Gasteiger partial charge in [0.2, 0.25) is 0 Å². The van der Waals surface area contributed by atoms with E-state index in [1.807, 2.05) is 0 Å². The number of hydrogen-bond acceptors (Lipinski definition) is 5. The van der Waals surface area contributed by atoms with Crippen molar-refractivity contribution in [3.63, 3.8) is 0 Å². The maximum atomic E-state index is 13.0. The number of anilines is 1. The molecule has 1 aromatic carbocycles. The quantitative estimate of drug-likeness (QED) is 0.627. The zero-order chi connectivity index (χ0) is 18.5. The number of nitrogens with two attached hydrogens (primary N) is 1. The van der Waals surface area contributed by atoms with Crippen molar-refractivity contribution in [2.75, 3.05) is 5.73 Å². The van der Waals surface area contributed by atoms with Crippen LogP contribution in [0.3, 0.4) is 0 Å². The van der Waals surface area contributed by atoms with E-state index < -0.39 is 42.9 Å². The molecule has 0 radical (unpaired) electrons. The van der Waals surface area contributed by atoms with E-state index in [9.17, 15) is 14.4 Å². The molecule has 2 atom stereocenters. The van der Waals surface area contributed by atoms with Crippen molar-refractivity contribution in [1.29, 1.82) is 0 Å². The van der Waals surface area contributed by atoms with E-state index in [4.69, 9.17) is 11.2 Å². The minimum Gasteiger partial charge on any atom is -0.398 e. The lowest BCUT2D eigenvalue weighted by Crippen LogP contribution is -2.36. The lowest BCUT2D eigenvalue weighted by atomic mass is 9.92. The Balaban J connectivity index is 2.34. The Morgan fingerprint density at radius 1 is 1.52 bits per heavy atom. The topological polar surface area (TPSA) is 95.0 Å². The molecule has 0 saturated heterocycles. The Bertz CT molecular complexity index is 957. The van der Waals surface area contributed by atoms with Crippen molar-refractivity contribution in [1.82, 2.24) is 9.55 Å². The average Bonchev–Trinajstić information content (AvgIpc) is 2.54. The fourth-order valence-electron chi connectivity index (χ4n) is 2.50. The summed E-state index contributed by atoms with van der Waals surface area (Å²) in [5.74, 6) is -1.39. The van der Waals surface area contributed by atoms with Crippen LogP contribution >= 0.6 is 0 Å². The molecule has 2 aromatic rings. The van der Waals surface area contributed by atoms with Crippen molar-refractivity contribution in [2.24, 2.45) is 0 Å². The summed E-state index contributed by atoms with van der Waals surface area (Å²) in [7, 11) is 0. The molecule has 6 heteroatoms. The maximum absolute atomic E-state index is 13.0. The summed E-state index contributed by atoms with van der Waals surface area (Å²) in [4.78, 5) is 40.9. The van der Waals surface area contributed by atoms with E-state index in [0.717, 1.165) is 4.57 Å². The van der Waals surface area contributed by atoms with Crippen LogP contribution in [0, 0.1) is 6.88 Å². The van der Waals surface area contributed by atoms with Gasteiger partial charge in [0.15, 0.2) is 5.78 Å². The van der Waals surface area contributed by atoms with Crippen LogP contribution in [-0.4, -0.2) is 21.1 Å². The summed E-state index contributed by atoms with van der Waals surface area (Å²) in [6.45, 7) is -1.69. The Hall–Kier alpha value is -2.50. The van der Waals surface area contributed by atoms with E-state index in [-0.39, 0.29) is 34.9 Å². The predicted octanol–water partition coefficient (Wildman–Crippen LogP) is 1.15. The van der Waals surface area contributed by atoms with Crippen LogP contribution in [0.25, 0.3) is 10.9 Å². The number of nitrogen functional groups attached to an aromatic ring is 1. The number of aryl methyl sites for hydroxylation is 1. The summed E-state index contributed by atoms with van der Waals surface area (Å²) in [5.41, 5.74) is 5.12. The molecular formula is C15H15N3O3. The monoisotopic (exact) mass is 289 g/mol. The zero-order valence-corrected chi connectivity index (χ0v) is 11.0. The molecular weight excluding hydrogens is 270 g/mol. The van der Waals surface area contributed by atoms with E-state index in [1.165, 1.54) is 12.1 Å². The molecule has 0 spiro atoms. The summed E-state index contributed by atoms with van der Waals surface area (Å²) in [6.07, 6.45) is -1.85. The molecule has 1 saturated carbocycles. The number of aromatic nitrogens is 2. The first kappa shape index (κ1) is 9.44. The SMILES string of the molecule is [2H]c1ccc(N)c2c(=O)n(C3CC([2H])C(=O)CC3=O)c(C([2H])[2H])nc12. The largest absolute Gasteiger partial charge is 0.398 e. The van der Waals surface area contributed by atoms with Gasteiger partial charge < -0.3 is 5.73 Å². The highest BCUT2D eigenvalue weighted by atomic mass is 16.2. The summed E-state index contributed by atoms with van der Waals surface area (Å²) >= 11 is 0. The van der Waals surface area contributed by atoms with Crippen molar-refractivity contribution in [2.45, 2.75) is 32.2 Å². The second-order valence-corrected chi connectivity index (χ2v) is 4.87. The van der Waals surface area contributed by atoms with Crippen molar-refractivity contribution < 1.29 is 15.1 Å². The van der Waals surface area contributed by atoms with Crippen molar-refractivity contribution in [3.05, 3.63) is 34.4 Å². The smallest absolute Gasteiger partial charge is 0.264 e. The molecule has 0 amide bonds. The first-order valence-electron chi connectivity index (χ1n) is 8.59. The molecule has 1 aliphatic rings. The van der Waals surface area contributed by atoms with Crippen LogP contribution in [0.15, 0.2) is 23.0 Å². The zero-order valence-electron chi connectivity index (χ0n) is 15.0. The Morgan fingerprint density at radius 3 is 3.10 bits per heavy atom. The van der Waals surface area contributed by atoms with Crippen LogP contribution in [0.5, 0.6) is 0 Å². The van der Waals surface area contributed by atoms with Gasteiger partial charge in [0.1, 0.15) is 11.6 Å². The number of benzene rings is 1. The highest BCUT2D eigenvalue weighted by Crippen LogP contribution is 2.24. The second-order valence-electron chi connectivity index (χ2n) is 4.87.